The zero-order valence-corrected chi connectivity index (χ0v) is 13.2. The molecule has 0 spiro atoms. The average Bonchev–Trinajstić information content (AvgIpc) is 3.19. The van der Waals surface area contributed by atoms with Crippen LogP contribution in [0.25, 0.3) is 0 Å². The molecule has 2 aromatic rings. The van der Waals surface area contributed by atoms with E-state index in [9.17, 15) is 0 Å². The third kappa shape index (κ3) is 3.68. The lowest BCUT2D eigenvalue weighted by Crippen LogP contribution is -2.25. The maximum atomic E-state index is 3.75. The van der Waals surface area contributed by atoms with Crippen molar-refractivity contribution in [2.24, 2.45) is 5.92 Å². The zero-order chi connectivity index (χ0) is 13.1. The normalized spacial score (nSPS) is 16.5. The minimum Gasteiger partial charge on any atom is -0.309 e. The van der Waals surface area contributed by atoms with Crippen molar-refractivity contribution in [1.29, 1.82) is 0 Å². The molecule has 1 aromatic heterocycles. The van der Waals surface area contributed by atoms with Crippen molar-refractivity contribution in [2.45, 2.75) is 25.3 Å². The molecule has 100 valence electrons. The lowest BCUT2D eigenvalue weighted by Gasteiger charge is -2.18. The van der Waals surface area contributed by atoms with Gasteiger partial charge in [-0.25, -0.2) is 0 Å². The fourth-order valence-electron chi connectivity index (χ4n) is 2.48. The van der Waals surface area contributed by atoms with Gasteiger partial charge in [0.2, 0.25) is 0 Å². The molecule has 3 heteroatoms. The van der Waals surface area contributed by atoms with E-state index in [1.807, 2.05) is 11.3 Å². The number of rotatable bonds is 6. The van der Waals surface area contributed by atoms with Crippen LogP contribution < -0.4 is 5.32 Å². The Kier molecular flexibility index (Phi) is 4.36. The Balaban J connectivity index is 1.57. The molecule has 0 radical (unpaired) electrons. The summed E-state index contributed by atoms with van der Waals surface area (Å²) in [5.41, 5.74) is 1.44. The second kappa shape index (κ2) is 6.21. The molecule has 1 fully saturated rings. The van der Waals surface area contributed by atoms with Gasteiger partial charge < -0.3 is 5.32 Å². The molecule has 1 unspecified atom stereocenters. The maximum Gasteiger partial charge on any atom is 0.0701 e. The van der Waals surface area contributed by atoms with E-state index in [4.69, 9.17) is 0 Å². The molecular weight excluding hydrogens is 318 g/mol. The molecule has 1 atom stereocenters. The summed E-state index contributed by atoms with van der Waals surface area (Å²) in [7, 11) is 0. The third-order valence-corrected chi connectivity index (χ3v) is 5.30. The number of thiophene rings is 1. The van der Waals surface area contributed by atoms with Crippen LogP contribution in [0.3, 0.4) is 0 Å². The SMILES string of the molecule is Brc1ccc(CCNC(c2ccccc2)C2CC2)s1. The Morgan fingerprint density at radius 2 is 1.95 bits per heavy atom. The first-order valence-electron chi connectivity index (χ1n) is 6.85. The highest BCUT2D eigenvalue weighted by Gasteiger charge is 2.31. The number of halogens is 1. The smallest absolute Gasteiger partial charge is 0.0701 e. The van der Waals surface area contributed by atoms with E-state index in [0.29, 0.717) is 6.04 Å². The van der Waals surface area contributed by atoms with Gasteiger partial charge in [-0.15, -0.1) is 11.3 Å². The quantitative estimate of drug-likeness (QED) is 0.799. The maximum absolute atomic E-state index is 3.75. The number of hydrogen-bond acceptors (Lipinski definition) is 2. The first-order chi connectivity index (χ1) is 9.33. The van der Waals surface area contributed by atoms with E-state index < -0.39 is 0 Å². The first kappa shape index (κ1) is 13.3. The summed E-state index contributed by atoms with van der Waals surface area (Å²) in [6.07, 6.45) is 3.86. The fourth-order valence-corrected chi connectivity index (χ4v) is 3.97. The molecule has 0 bridgehead atoms. The standard InChI is InChI=1S/C16H18BrNS/c17-15-9-8-14(19-15)10-11-18-16(13-6-7-13)12-4-2-1-3-5-12/h1-5,8-9,13,16,18H,6-7,10-11H2. The molecule has 1 nitrogen and oxygen atoms in total. The van der Waals surface area contributed by atoms with E-state index in [0.717, 1.165) is 18.9 Å². The minimum absolute atomic E-state index is 0.546. The van der Waals surface area contributed by atoms with E-state index in [1.54, 1.807) is 0 Å². The van der Waals surface area contributed by atoms with Gasteiger partial charge in [0, 0.05) is 17.5 Å². The second-order valence-electron chi connectivity index (χ2n) is 5.14. The van der Waals surface area contributed by atoms with Crippen LogP contribution >= 0.6 is 27.3 Å². The Bertz CT molecular complexity index is 519. The largest absolute Gasteiger partial charge is 0.309 e. The van der Waals surface area contributed by atoms with Crippen molar-refractivity contribution in [3.63, 3.8) is 0 Å². The van der Waals surface area contributed by atoms with Gasteiger partial charge >= 0.3 is 0 Å². The second-order valence-corrected chi connectivity index (χ2v) is 7.68. The van der Waals surface area contributed by atoms with Crippen molar-refractivity contribution < 1.29 is 0 Å². The Morgan fingerprint density at radius 1 is 1.16 bits per heavy atom. The Morgan fingerprint density at radius 3 is 2.58 bits per heavy atom. The van der Waals surface area contributed by atoms with Crippen LogP contribution in [-0.2, 0) is 6.42 Å². The Labute approximate surface area is 127 Å². The van der Waals surface area contributed by atoms with Crippen LogP contribution in [0.15, 0.2) is 46.3 Å². The summed E-state index contributed by atoms with van der Waals surface area (Å²) in [6.45, 7) is 1.06. The van der Waals surface area contributed by atoms with Crippen molar-refractivity contribution in [1.82, 2.24) is 5.32 Å². The topological polar surface area (TPSA) is 12.0 Å². The van der Waals surface area contributed by atoms with Gasteiger partial charge in [0.05, 0.1) is 3.79 Å². The van der Waals surface area contributed by atoms with E-state index in [1.165, 1.54) is 27.1 Å². The lowest BCUT2D eigenvalue weighted by molar-refractivity contribution is 0.485. The highest BCUT2D eigenvalue weighted by molar-refractivity contribution is 9.11. The number of nitrogens with one attached hydrogen (secondary N) is 1. The summed E-state index contributed by atoms with van der Waals surface area (Å²) >= 11 is 5.36. The zero-order valence-electron chi connectivity index (χ0n) is 10.8. The molecule has 1 heterocycles. The monoisotopic (exact) mass is 335 g/mol. The van der Waals surface area contributed by atoms with Gasteiger partial charge in [-0.1, -0.05) is 30.3 Å². The molecule has 3 rings (SSSR count). The molecule has 1 aliphatic rings. The van der Waals surface area contributed by atoms with Crippen LogP contribution in [0.4, 0.5) is 0 Å². The van der Waals surface area contributed by atoms with E-state index in [-0.39, 0.29) is 0 Å². The highest BCUT2D eigenvalue weighted by Crippen LogP contribution is 2.40. The van der Waals surface area contributed by atoms with Crippen LogP contribution in [0.2, 0.25) is 0 Å². The first-order valence-corrected chi connectivity index (χ1v) is 8.46. The summed E-state index contributed by atoms with van der Waals surface area (Å²) < 4.78 is 1.23. The Hall–Kier alpha value is -0.640. The van der Waals surface area contributed by atoms with Crippen molar-refractivity contribution in [2.75, 3.05) is 6.54 Å². The van der Waals surface area contributed by atoms with Crippen LogP contribution in [0.1, 0.15) is 29.3 Å². The fraction of sp³-hybridized carbons (Fsp3) is 0.375. The number of benzene rings is 1. The van der Waals surface area contributed by atoms with Crippen LogP contribution in [-0.4, -0.2) is 6.54 Å². The summed E-state index contributed by atoms with van der Waals surface area (Å²) in [5.74, 6) is 0.845. The van der Waals surface area contributed by atoms with Gasteiger partial charge in [0.25, 0.3) is 0 Å². The predicted octanol–water partition coefficient (Wildman–Crippen LogP) is 4.79. The summed E-state index contributed by atoms with van der Waals surface area (Å²) in [5, 5.41) is 3.75. The molecule has 1 N–H and O–H groups in total. The third-order valence-electron chi connectivity index (χ3n) is 3.62. The van der Waals surface area contributed by atoms with Crippen LogP contribution in [0, 0.1) is 5.92 Å². The van der Waals surface area contributed by atoms with Crippen molar-refractivity contribution in [3.05, 3.63) is 56.7 Å². The molecule has 19 heavy (non-hydrogen) atoms. The van der Waals surface area contributed by atoms with Crippen molar-refractivity contribution >= 4 is 27.3 Å². The lowest BCUT2D eigenvalue weighted by atomic mass is 10.0. The van der Waals surface area contributed by atoms with Gasteiger partial charge in [-0.2, -0.15) is 0 Å². The average molecular weight is 336 g/mol. The van der Waals surface area contributed by atoms with Gasteiger partial charge in [-0.05, 0) is 58.8 Å². The van der Waals surface area contributed by atoms with Crippen LogP contribution in [0.5, 0.6) is 0 Å². The predicted molar refractivity (Wildman–Crippen MR) is 85.6 cm³/mol. The summed E-state index contributed by atoms with van der Waals surface area (Å²) in [6, 6.07) is 15.8. The molecule has 0 saturated heterocycles. The molecule has 1 saturated carbocycles. The molecule has 1 aliphatic carbocycles. The molecule has 0 amide bonds. The van der Waals surface area contributed by atoms with E-state index in [2.05, 4.69) is 63.7 Å². The molecule has 1 aromatic carbocycles. The molecular formula is C16H18BrNS. The minimum atomic E-state index is 0.546. The summed E-state index contributed by atoms with van der Waals surface area (Å²) in [4.78, 5) is 1.45. The van der Waals surface area contributed by atoms with Crippen molar-refractivity contribution in [3.8, 4) is 0 Å². The highest BCUT2D eigenvalue weighted by atomic mass is 79.9. The molecule has 0 aliphatic heterocycles. The van der Waals surface area contributed by atoms with Gasteiger partial charge in [0.15, 0.2) is 0 Å². The number of hydrogen-bond donors (Lipinski definition) is 1. The van der Waals surface area contributed by atoms with Gasteiger partial charge in [-0.3, -0.25) is 0 Å². The van der Waals surface area contributed by atoms with E-state index >= 15 is 0 Å². The van der Waals surface area contributed by atoms with Gasteiger partial charge in [0.1, 0.15) is 0 Å².